The first-order valence-corrected chi connectivity index (χ1v) is 8.97. The second kappa shape index (κ2) is 6.44. The molecule has 2 saturated carbocycles. The average Bonchev–Trinajstić information content (AvgIpc) is 2.52. The standard InChI is InChI=1S/C20H30N2/c1-20(2,3)16-11-13-17(14-12-16)21-22-19-10-6-8-15-7-4-5-9-18(15)19/h11-15,18,21H,4-10H2,1-3H3/b22-19+. The van der Waals surface area contributed by atoms with E-state index in [1.54, 1.807) is 0 Å². The van der Waals surface area contributed by atoms with Crippen molar-refractivity contribution in [3.63, 3.8) is 0 Å². The Morgan fingerprint density at radius 3 is 2.36 bits per heavy atom. The van der Waals surface area contributed by atoms with Crippen LogP contribution in [0.1, 0.15) is 71.3 Å². The van der Waals surface area contributed by atoms with Crippen molar-refractivity contribution in [3.05, 3.63) is 29.8 Å². The van der Waals surface area contributed by atoms with Crippen LogP contribution in [0.3, 0.4) is 0 Å². The summed E-state index contributed by atoms with van der Waals surface area (Å²) in [7, 11) is 0. The Morgan fingerprint density at radius 1 is 0.955 bits per heavy atom. The van der Waals surface area contributed by atoms with Gasteiger partial charge in [0.2, 0.25) is 0 Å². The van der Waals surface area contributed by atoms with Gasteiger partial charge in [0.1, 0.15) is 0 Å². The van der Waals surface area contributed by atoms with Gasteiger partial charge in [-0.1, -0.05) is 45.7 Å². The van der Waals surface area contributed by atoms with Crippen molar-refractivity contribution in [3.8, 4) is 0 Å². The first-order chi connectivity index (χ1) is 10.5. The number of nitrogens with one attached hydrogen (secondary N) is 1. The number of anilines is 1. The fourth-order valence-electron chi connectivity index (χ4n) is 4.04. The van der Waals surface area contributed by atoms with Crippen LogP contribution in [-0.4, -0.2) is 5.71 Å². The lowest BCUT2D eigenvalue weighted by Crippen LogP contribution is -2.31. The third kappa shape index (κ3) is 3.53. The number of hydrogen-bond donors (Lipinski definition) is 1. The highest BCUT2D eigenvalue weighted by molar-refractivity contribution is 5.88. The molecule has 3 rings (SSSR count). The monoisotopic (exact) mass is 298 g/mol. The molecule has 0 heterocycles. The highest BCUT2D eigenvalue weighted by atomic mass is 15.3. The van der Waals surface area contributed by atoms with E-state index in [1.807, 2.05) is 0 Å². The first-order valence-electron chi connectivity index (χ1n) is 8.97. The number of nitrogens with zero attached hydrogens (tertiary/aromatic N) is 1. The number of benzene rings is 1. The van der Waals surface area contributed by atoms with Gasteiger partial charge >= 0.3 is 0 Å². The minimum absolute atomic E-state index is 0.211. The summed E-state index contributed by atoms with van der Waals surface area (Å²) >= 11 is 0. The van der Waals surface area contributed by atoms with E-state index in [4.69, 9.17) is 5.10 Å². The molecule has 2 nitrogen and oxygen atoms in total. The van der Waals surface area contributed by atoms with Crippen molar-refractivity contribution in [1.82, 2.24) is 0 Å². The predicted octanol–water partition coefficient (Wildman–Crippen LogP) is 5.74. The minimum atomic E-state index is 0.211. The highest BCUT2D eigenvalue weighted by Gasteiger charge is 2.32. The number of rotatable bonds is 2. The van der Waals surface area contributed by atoms with Crippen LogP contribution >= 0.6 is 0 Å². The van der Waals surface area contributed by atoms with Crippen LogP contribution in [0.2, 0.25) is 0 Å². The predicted molar refractivity (Wildman–Crippen MR) is 95.5 cm³/mol. The lowest BCUT2D eigenvalue weighted by molar-refractivity contribution is 0.261. The van der Waals surface area contributed by atoms with Crippen LogP contribution in [0.25, 0.3) is 0 Å². The van der Waals surface area contributed by atoms with E-state index in [-0.39, 0.29) is 5.41 Å². The molecule has 2 fully saturated rings. The molecule has 2 aliphatic rings. The zero-order valence-corrected chi connectivity index (χ0v) is 14.4. The molecule has 1 aromatic carbocycles. The number of fused-ring (bicyclic) bond motifs is 1. The summed E-state index contributed by atoms with van der Waals surface area (Å²) in [6.45, 7) is 6.75. The van der Waals surface area contributed by atoms with E-state index in [9.17, 15) is 0 Å². The maximum Gasteiger partial charge on any atom is 0.0561 e. The number of hydrogen-bond acceptors (Lipinski definition) is 2. The summed E-state index contributed by atoms with van der Waals surface area (Å²) in [6, 6.07) is 8.75. The molecule has 2 heteroatoms. The van der Waals surface area contributed by atoms with E-state index >= 15 is 0 Å². The third-order valence-electron chi connectivity index (χ3n) is 5.42. The number of hydrazone groups is 1. The zero-order valence-electron chi connectivity index (χ0n) is 14.4. The van der Waals surface area contributed by atoms with Crippen molar-refractivity contribution >= 4 is 11.4 Å². The van der Waals surface area contributed by atoms with Crippen molar-refractivity contribution < 1.29 is 0 Å². The molecule has 0 spiro atoms. The molecule has 2 unspecified atom stereocenters. The van der Waals surface area contributed by atoms with Gasteiger partial charge in [-0.25, -0.2) is 0 Å². The second-order valence-corrected chi connectivity index (χ2v) is 8.09. The first kappa shape index (κ1) is 15.6. The molecule has 120 valence electrons. The molecule has 0 bridgehead atoms. The van der Waals surface area contributed by atoms with Crippen molar-refractivity contribution in [2.24, 2.45) is 16.9 Å². The highest BCUT2D eigenvalue weighted by Crippen LogP contribution is 2.39. The Labute approximate surface area is 135 Å². The van der Waals surface area contributed by atoms with Gasteiger partial charge in [0.15, 0.2) is 0 Å². The zero-order chi connectivity index (χ0) is 15.6. The van der Waals surface area contributed by atoms with Gasteiger partial charge in [-0.15, -0.1) is 0 Å². The molecule has 2 aliphatic carbocycles. The molecular formula is C20H30N2. The Kier molecular flexibility index (Phi) is 4.56. The third-order valence-corrected chi connectivity index (χ3v) is 5.42. The lowest BCUT2D eigenvalue weighted by atomic mass is 9.70. The molecule has 1 N–H and O–H groups in total. The topological polar surface area (TPSA) is 24.4 Å². The van der Waals surface area contributed by atoms with E-state index in [1.165, 1.54) is 56.2 Å². The molecule has 0 aliphatic heterocycles. The van der Waals surface area contributed by atoms with Crippen molar-refractivity contribution in [1.29, 1.82) is 0 Å². The molecule has 1 aromatic rings. The Balaban J connectivity index is 1.67. The van der Waals surface area contributed by atoms with Gasteiger partial charge in [0.05, 0.1) is 5.69 Å². The van der Waals surface area contributed by atoms with Gasteiger partial charge in [-0.3, -0.25) is 5.43 Å². The fourth-order valence-corrected chi connectivity index (χ4v) is 4.04. The van der Waals surface area contributed by atoms with Crippen LogP contribution in [-0.2, 0) is 5.41 Å². The van der Waals surface area contributed by atoms with Crippen LogP contribution in [0.4, 0.5) is 5.69 Å². The average molecular weight is 298 g/mol. The van der Waals surface area contributed by atoms with E-state index in [2.05, 4.69) is 50.5 Å². The summed E-state index contributed by atoms with van der Waals surface area (Å²) in [5.41, 5.74) is 7.43. The quantitative estimate of drug-likeness (QED) is 0.691. The summed E-state index contributed by atoms with van der Waals surface area (Å²) in [5.74, 6) is 1.66. The van der Waals surface area contributed by atoms with E-state index in [0.29, 0.717) is 0 Å². The van der Waals surface area contributed by atoms with E-state index in [0.717, 1.165) is 17.5 Å². The smallest absolute Gasteiger partial charge is 0.0561 e. The Bertz CT molecular complexity index is 520. The van der Waals surface area contributed by atoms with Gasteiger partial charge in [0, 0.05) is 11.6 Å². The van der Waals surface area contributed by atoms with Gasteiger partial charge in [-0.2, -0.15) is 5.10 Å². The SMILES string of the molecule is CC(C)(C)c1ccc(N/N=C2\CCCC3CCCCC23)cc1. The summed E-state index contributed by atoms with van der Waals surface area (Å²) < 4.78 is 0. The molecule has 0 amide bonds. The molecule has 0 radical (unpaired) electrons. The maximum atomic E-state index is 4.80. The van der Waals surface area contributed by atoms with Gasteiger partial charge in [0.25, 0.3) is 0 Å². The van der Waals surface area contributed by atoms with Crippen LogP contribution in [0.5, 0.6) is 0 Å². The lowest BCUT2D eigenvalue weighted by Gasteiger charge is -2.36. The summed E-state index contributed by atoms with van der Waals surface area (Å²) in [5, 5.41) is 4.80. The second-order valence-electron chi connectivity index (χ2n) is 8.09. The van der Waals surface area contributed by atoms with E-state index < -0.39 is 0 Å². The largest absolute Gasteiger partial charge is 0.279 e. The minimum Gasteiger partial charge on any atom is -0.279 e. The van der Waals surface area contributed by atoms with Crippen molar-refractivity contribution in [2.75, 3.05) is 5.43 Å². The van der Waals surface area contributed by atoms with Crippen LogP contribution in [0, 0.1) is 11.8 Å². The Hall–Kier alpha value is -1.31. The van der Waals surface area contributed by atoms with Gasteiger partial charge < -0.3 is 0 Å². The normalized spacial score (nSPS) is 27.5. The fraction of sp³-hybridized carbons (Fsp3) is 0.650. The molecular weight excluding hydrogens is 268 g/mol. The Morgan fingerprint density at radius 2 is 1.64 bits per heavy atom. The molecule has 0 aromatic heterocycles. The van der Waals surface area contributed by atoms with Gasteiger partial charge in [-0.05, 0) is 61.1 Å². The summed E-state index contributed by atoms with van der Waals surface area (Å²) in [4.78, 5) is 0. The maximum absolute atomic E-state index is 4.80. The summed E-state index contributed by atoms with van der Waals surface area (Å²) in [6.07, 6.45) is 9.53. The molecule has 0 saturated heterocycles. The van der Waals surface area contributed by atoms with Crippen molar-refractivity contribution in [2.45, 2.75) is 71.1 Å². The van der Waals surface area contributed by atoms with Crippen LogP contribution in [0.15, 0.2) is 29.4 Å². The van der Waals surface area contributed by atoms with Crippen LogP contribution < -0.4 is 5.43 Å². The molecule has 2 atom stereocenters. The molecule has 22 heavy (non-hydrogen) atoms.